The molecular weight excluding hydrogens is 286 g/mol. The predicted molar refractivity (Wildman–Crippen MR) is 83.1 cm³/mol. The molecule has 1 atom stereocenters. The van der Waals surface area contributed by atoms with Crippen molar-refractivity contribution in [2.75, 3.05) is 19.7 Å². The van der Waals surface area contributed by atoms with Crippen molar-refractivity contribution < 1.29 is 4.74 Å². The van der Waals surface area contributed by atoms with E-state index in [0.29, 0.717) is 13.2 Å². The maximum atomic E-state index is 12.8. The van der Waals surface area contributed by atoms with Crippen LogP contribution in [0.5, 0.6) is 0 Å². The summed E-state index contributed by atoms with van der Waals surface area (Å²) in [6, 6.07) is 0. The fraction of sp³-hybridized carbons (Fsp3) is 0.600. The van der Waals surface area contributed by atoms with Crippen LogP contribution in [0.2, 0.25) is 0 Å². The molecule has 6 heteroatoms. The quantitative estimate of drug-likeness (QED) is 0.909. The highest BCUT2D eigenvalue weighted by Gasteiger charge is 2.21. The number of aromatic nitrogens is 2. The summed E-state index contributed by atoms with van der Waals surface area (Å²) in [4.78, 5) is 19.6. The van der Waals surface area contributed by atoms with Gasteiger partial charge in [-0.25, -0.2) is 4.98 Å². The molecule has 0 radical (unpaired) electrons. The van der Waals surface area contributed by atoms with Gasteiger partial charge in [0.05, 0.1) is 31.0 Å². The molecule has 2 aromatic rings. The summed E-state index contributed by atoms with van der Waals surface area (Å²) in [6.45, 7) is 2.98. The molecule has 5 nitrogen and oxygen atoms in total. The number of rotatable bonds is 2. The molecule has 1 unspecified atom stereocenters. The largest absolute Gasteiger partial charge is 0.374 e. The second kappa shape index (κ2) is 5.51. The van der Waals surface area contributed by atoms with Gasteiger partial charge in [-0.2, -0.15) is 0 Å². The van der Waals surface area contributed by atoms with Gasteiger partial charge < -0.3 is 10.1 Å². The maximum absolute atomic E-state index is 12.8. The fourth-order valence-electron chi connectivity index (χ4n) is 3.27. The van der Waals surface area contributed by atoms with E-state index in [4.69, 9.17) is 4.74 Å². The zero-order chi connectivity index (χ0) is 14.2. The molecule has 2 aromatic heterocycles. The van der Waals surface area contributed by atoms with Gasteiger partial charge in [0.2, 0.25) is 0 Å². The van der Waals surface area contributed by atoms with Crippen LogP contribution in [-0.4, -0.2) is 35.4 Å². The molecule has 21 heavy (non-hydrogen) atoms. The molecule has 3 heterocycles. The molecular formula is C15H19N3O2S. The lowest BCUT2D eigenvalue weighted by atomic mass is 9.97. The van der Waals surface area contributed by atoms with Crippen LogP contribution in [0.25, 0.3) is 10.2 Å². The third kappa shape index (κ3) is 2.41. The molecule has 1 aliphatic heterocycles. The Hall–Kier alpha value is -1.24. The Morgan fingerprint density at radius 3 is 3.19 bits per heavy atom. The Morgan fingerprint density at radius 2 is 2.33 bits per heavy atom. The minimum atomic E-state index is 0.0603. The Morgan fingerprint density at radius 1 is 1.43 bits per heavy atom. The van der Waals surface area contributed by atoms with E-state index < -0.39 is 0 Å². The van der Waals surface area contributed by atoms with Crippen molar-refractivity contribution in [3.8, 4) is 0 Å². The molecule has 112 valence electrons. The smallest absolute Gasteiger partial charge is 0.262 e. The SMILES string of the molecule is O=c1c2c3c(sc2ncn1CC1CNCCO1)CCCC3. The fourth-order valence-corrected chi connectivity index (χ4v) is 4.49. The molecule has 1 N–H and O–H groups in total. The second-order valence-electron chi connectivity index (χ2n) is 5.79. The molecule has 2 aliphatic rings. The van der Waals surface area contributed by atoms with Crippen LogP contribution < -0.4 is 10.9 Å². The van der Waals surface area contributed by atoms with E-state index in [-0.39, 0.29) is 11.7 Å². The van der Waals surface area contributed by atoms with Gasteiger partial charge >= 0.3 is 0 Å². The van der Waals surface area contributed by atoms with Gasteiger partial charge in [-0.3, -0.25) is 9.36 Å². The summed E-state index contributed by atoms with van der Waals surface area (Å²) in [6.07, 6.45) is 6.29. The van der Waals surface area contributed by atoms with Crippen LogP contribution in [0.4, 0.5) is 0 Å². The first kappa shape index (κ1) is 13.4. The van der Waals surface area contributed by atoms with E-state index in [1.165, 1.54) is 23.3 Å². The average molecular weight is 305 g/mol. The van der Waals surface area contributed by atoms with Gasteiger partial charge in [-0.1, -0.05) is 0 Å². The second-order valence-corrected chi connectivity index (χ2v) is 6.87. The van der Waals surface area contributed by atoms with Crippen LogP contribution in [-0.2, 0) is 24.1 Å². The number of hydrogen-bond acceptors (Lipinski definition) is 5. The highest BCUT2D eigenvalue weighted by Crippen LogP contribution is 2.33. The Labute approximate surface area is 127 Å². The van der Waals surface area contributed by atoms with E-state index >= 15 is 0 Å². The zero-order valence-electron chi connectivity index (χ0n) is 11.9. The number of morpholine rings is 1. The number of fused-ring (bicyclic) bond motifs is 3. The first-order valence-electron chi connectivity index (χ1n) is 7.65. The molecule has 0 saturated carbocycles. The van der Waals surface area contributed by atoms with Crippen LogP contribution in [0.1, 0.15) is 23.3 Å². The van der Waals surface area contributed by atoms with Gasteiger partial charge in [0.15, 0.2) is 0 Å². The van der Waals surface area contributed by atoms with E-state index in [0.717, 1.165) is 36.1 Å². The molecule has 1 aliphatic carbocycles. The first-order chi connectivity index (χ1) is 10.3. The van der Waals surface area contributed by atoms with Gasteiger partial charge in [-0.15, -0.1) is 11.3 Å². The summed E-state index contributed by atoms with van der Waals surface area (Å²) in [7, 11) is 0. The molecule has 0 bridgehead atoms. The molecule has 4 rings (SSSR count). The van der Waals surface area contributed by atoms with Crippen molar-refractivity contribution in [1.82, 2.24) is 14.9 Å². The average Bonchev–Trinajstić information content (AvgIpc) is 2.90. The van der Waals surface area contributed by atoms with Gasteiger partial charge in [0, 0.05) is 18.0 Å². The number of hydrogen-bond donors (Lipinski definition) is 1. The molecule has 0 spiro atoms. The van der Waals surface area contributed by atoms with Crippen molar-refractivity contribution in [3.63, 3.8) is 0 Å². The summed E-state index contributed by atoms with van der Waals surface area (Å²) in [5, 5.41) is 4.16. The maximum Gasteiger partial charge on any atom is 0.262 e. The first-order valence-corrected chi connectivity index (χ1v) is 8.46. The minimum absolute atomic E-state index is 0.0603. The number of ether oxygens (including phenoxy) is 1. The van der Waals surface area contributed by atoms with E-state index in [2.05, 4.69) is 10.3 Å². The monoisotopic (exact) mass is 305 g/mol. The third-order valence-corrected chi connectivity index (χ3v) is 5.55. The topological polar surface area (TPSA) is 56.2 Å². The van der Waals surface area contributed by atoms with Crippen molar-refractivity contribution in [2.45, 2.75) is 38.3 Å². The third-order valence-electron chi connectivity index (χ3n) is 4.35. The Bertz CT molecular complexity index is 716. The van der Waals surface area contributed by atoms with Crippen molar-refractivity contribution in [2.24, 2.45) is 0 Å². The predicted octanol–water partition coefficient (Wildman–Crippen LogP) is 1.33. The number of thiophene rings is 1. The number of nitrogens with one attached hydrogen (secondary N) is 1. The number of nitrogens with zero attached hydrogens (tertiary/aromatic N) is 2. The Balaban J connectivity index is 1.73. The molecule has 0 aromatic carbocycles. The van der Waals surface area contributed by atoms with E-state index in [9.17, 15) is 4.79 Å². The van der Waals surface area contributed by atoms with Crippen molar-refractivity contribution in [1.29, 1.82) is 0 Å². The van der Waals surface area contributed by atoms with E-state index in [1.54, 1.807) is 22.2 Å². The lowest BCUT2D eigenvalue weighted by Crippen LogP contribution is -2.42. The molecule has 1 fully saturated rings. The van der Waals surface area contributed by atoms with Crippen molar-refractivity contribution in [3.05, 3.63) is 27.1 Å². The zero-order valence-corrected chi connectivity index (χ0v) is 12.7. The minimum Gasteiger partial charge on any atom is -0.374 e. The van der Waals surface area contributed by atoms with Crippen LogP contribution in [0, 0.1) is 0 Å². The van der Waals surface area contributed by atoms with Crippen LogP contribution >= 0.6 is 11.3 Å². The standard InChI is InChI=1S/C15H19N3O2S/c19-15-13-11-3-1-2-4-12(11)21-14(13)17-9-18(15)8-10-7-16-5-6-20-10/h9-10,16H,1-8H2. The lowest BCUT2D eigenvalue weighted by molar-refractivity contribution is 0.0175. The summed E-state index contributed by atoms with van der Waals surface area (Å²) in [5.74, 6) is 0. The van der Waals surface area contributed by atoms with E-state index in [1.807, 2.05) is 0 Å². The Kier molecular flexibility index (Phi) is 3.52. The highest BCUT2D eigenvalue weighted by molar-refractivity contribution is 7.18. The van der Waals surface area contributed by atoms with Gasteiger partial charge in [-0.05, 0) is 31.2 Å². The van der Waals surface area contributed by atoms with Gasteiger partial charge in [0.25, 0.3) is 5.56 Å². The van der Waals surface area contributed by atoms with Gasteiger partial charge in [0.1, 0.15) is 4.83 Å². The molecule has 1 saturated heterocycles. The summed E-state index contributed by atoms with van der Waals surface area (Å²) in [5.41, 5.74) is 1.37. The lowest BCUT2D eigenvalue weighted by Gasteiger charge is -2.24. The summed E-state index contributed by atoms with van der Waals surface area (Å²) < 4.78 is 7.42. The highest BCUT2D eigenvalue weighted by atomic mass is 32.1. The normalized spacial score (nSPS) is 22.4. The number of aryl methyl sites for hydroxylation is 2. The van der Waals surface area contributed by atoms with Crippen LogP contribution in [0.3, 0.4) is 0 Å². The molecule has 0 amide bonds. The van der Waals surface area contributed by atoms with Crippen LogP contribution in [0.15, 0.2) is 11.1 Å². The van der Waals surface area contributed by atoms with Crippen molar-refractivity contribution >= 4 is 21.6 Å². The summed E-state index contributed by atoms with van der Waals surface area (Å²) >= 11 is 1.70.